The third kappa shape index (κ3) is 4.57. The molecule has 0 fully saturated rings. The number of amidine groups is 2. The van der Waals surface area contributed by atoms with E-state index in [-0.39, 0.29) is 0 Å². The number of H-pyrrole nitrogens is 1. The van der Waals surface area contributed by atoms with Gasteiger partial charge in [-0.05, 0) is 26.8 Å². The van der Waals surface area contributed by atoms with Crippen LogP contribution in [0.1, 0.15) is 32.9 Å². The van der Waals surface area contributed by atoms with Crippen LogP contribution in [0.25, 0.3) is 6.08 Å². The molecule has 0 spiro atoms. The number of aromatic amines is 1. The maximum absolute atomic E-state index is 7.94. The van der Waals surface area contributed by atoms with Crippen molar-refractivity contribution in [1.82, 2.24) is 15.1 Å². The molecule has 0 radical (unpaired) electrons. The summed E-state index contributed by atoms with van der Waals surface area (Å²) in [6.45, 7) is 7.57. The Kier molecular flexibility index (Phi) is 5.78. The Morgan fingerprint density at radius 3 is 2.79 bits per heavy atom. The molecule has 0 aromatic carbocycles. The molecule has 1 aromatic rings. The van der Waals surface area contributed by atoms with Crippen LogP contribution in [0.15, 0.2) is 17.1 Å². The molecule has 104 valence electrons. The summed E-state index contributed by atoms with van der Waals surface area (Å²) in [7, 11) is 0. The SMILES string of the molecule is C/C=C/c1cc(N=C(N)CC(=N)N(CC)CC)n[nH]1. The predicted molar refractivity (Wildman–Crippen MR) is 79.8 cm³/mol. The summed E-state index contributed by atoms with van der Waals surface area (Å²) in [4.78, 5) is 6.15. The molecule has 0 aliphatic carbocycles. The van der Waals surface area contributed by atoms with Crippen LogP contribution in [0.4, 0.5) is 5.82 Å². The number of aliphatic imine (C=N–C) groups is 1. The lowest BCUT2D eigenvalue weighted by atomic mass is 10.3. The van der Waals surface area contributed by atoms with Gasteiger partial charge in [-0.1, -0.05) is 6.08 Å². The Morgan fingerprint density at radius 2 is 2.21 bits per heavy atom. The third-order valence-corrected chi connectivity index (χ3v) is 2.68. The van der Waals surface area contributed by atoms with Crippen molar-refractivity contribution in [3.05, 3.63) is 17.8 Å². The molecule has 1 aromatic heterocycles. The molecule has 0 saturated carbocycles. The summed E-state index contributed by atoms with van der Waals surface area (Å²) in [5.41, 5.74) is 6.73. The fourth-order valence-corrected chi connectivity index (χ4v) is 1.72. The van der Waals surface area contributed by atoms with Gasteiger partial charge in [-0.25, -0.2) is 4.99 Å². The maximum atomic E-state index is 7.94. The number of rotatable bonds is 6. The van der Waals surface area contributed by atoms with Gasteiger partial charge < -0.3 is 10.6 Å². The average molecular weight is 262 g/mol. The van der Waals surface area contributed by atoms with Gasteiger partial charge >= 0.3 is 0 Å². The standard InChI is InChI=1S/C13H22N6/c1-4-7-10-8-13(18-17-10)16-11(14)9-12(15)19(5-2)6-3/h4,7-8,15H,5-6,9H2,1-3H3,(H3,14,16,17,18)/b7-4+,15-12?. The van der Waals surface area contributed by atoms with Crippen LogP contribution in [0.3, 0.4) is 0 Å². The summed E-state index contributed by atoms with van der Waals surface area (Å²) in [6.07, 6.45) is 4.16. The summed E-state index contributed by atoms with van der Waals surface area (Å²) < 4.78 is 0. The molecule has 0 amide bonds. The highest BCUT2D eigenvalue weighted by Crippen LogP contribution is 2.11. The second-order valence-electron chi connectivity index (χ2n) is 4.08. The van der Waals surface area contributed by atoms with E-state index >= 15 is 0 Å². The minimum absolute atomic E-state index is 0.341. The molecular weight excluding hydrogens is 240 g/mol. The zero-order valence-corrected chi connectivity index (χ0v) is 11.8. The fraction of sp³-hybridized carbons (Fsp3) is 0.462. The molecule has 0 bridgehead atoms. The van der Waals surface area contributed by atoms with Gasteiger partial charge in [0.2, 0.25) is 0 Å². The smallest absolute Gasteiger partial charge is 0.175 e. The van der Waals surface area contributed by atoms with Crippen molar-refractivity contribution in [2.24, 2.45) is 10.7 Å². The van der Waals surface area contributed by atoms with Crippen LogP contribution in [-0.2, 0) is 0 Å². The molecule has 19 heavy (non-hydrogen) atoms. The zero-order chi connectivity index (χ0) is 14.3. The number of hydrogen-bond acceptors (Lipinski definition) is 3. The van der Waals surface area contributed by atoms with E-state index in [0.717, 1.165) is 18.8 Å². The number of nitrogens with zero attached hydrogens (tertiary/aromatic N) is 3. The first kappa shape index (κ1) is 14.9. The van der Waals surface area contributed by atoms with Gasteiger partial charge in [0.15, 0.2) is 5.82 Å². The van der Waals surface area contributed by atoms with E-state index in [1.54, 1.807) is 0 Å². The van der Waals surface area contributed by atoms with Gasteiger partial charge in [-0.15, -0.1) is 0 Å². The number of hydrogen-bond donors (Lipinski definition) is 3. The molecule has 6 nitrogen and oxygen atoms in total. The Labute approximate surface area is 113 Å². The molecular formula is C13H22N6. The number of nitrogens with one attached hydrogen (secondary N) is 2. The fourth-order valence-electron chi connectivity index (χ4n) is 1.72. The summed E-state index contributed by atoms with van der Waals surface area (Å²) in [5.74, 6) is 1.42. The monoisotopic (exact) mass is 262 g/mol. The normalized spacial score (nSPS) is 12.1. The van der Waals surface area contributed by atoms with E-state index in [4.69, 9.17) is 11.1 Å². The first-order chi connectivity index (χ1) is 9.10. The Bertz CT molecular complexity index is 467. The Hall–Kier alpha value is -2.11. The molecule has 0 aliphatic rings. The summed E-state index contributed by atoms with van der Waals surface area (Å²) in [6, 6.07) is 1.81. The van der Waals surface area contributed by atoms with Crippen molar-refractivity contribution in [2.75, 3.05) is 13.1 Å². The Morgan fingerprint density at radius 1 is 1.53 bits per heavy atom. The van der Waals surface area contributed by atoms with Crippen LogP contribution < -0.4 is 5.73 Å². The highest BCUT2D eigenvalue weighted by atomic mass is 15.2. The van der Waals surface area contributed by atoms with Crippen LogP contribution in [0.2, 0.25) is 0 Å². The van der Waals surface area contributed by atoms with E-state index in [1.807, 2.05) is 43.9 Å². The highest BCUT2D eigenvalue weighted by molar-refractivity contribution is 6.01. The molecule has 0 atom stereocenters. The van der Waals surface area contributed by atoms with Crippen LogP contribution in [0.5, 0.6) is 0 Å². The summed E-state index contributed by atoms with van der Waals surface area (Å²) >= 11 is 0. The van der Waals surface area contributed by atoms with Crippen LogP contribution in [0, 0.1) is 5.41 Å². The molecule has 0 unspecified atom stereocenters. The molecule has 4 N–H and O–H groups in total. The molecule has 1 rings (SSSR count). The van der Waals surface area contributed by atoms with Crippen molar-refractivity contribution in [1.29, 1.82) is 5.41 Å². The van der Waals surface area contributed by atoms with Crippen molar-refractivity contribution >= 4 is 23.6 Å². The van der Waals surface area contributed by atoms with Crippen LogP contribution >= 0.6 is 0 Å². The van der Waals surface area contributed by atoms with Crippen molar-refractivity contribution in [3.63, 3.8) is 0 Å². The second-order valence-corrected chi connectivity index (χ2v) is 4.08. The second kappa shape index (κ2) is 7.35. The lowest BCUT2D eigenvalue weighted by Gasteiger charge is -2.21. The van der Waals surface area contributed by atoms with Crippen molar-refractivity contribution in [2.45, 2.75) is 27.2 Å². The molecule has 6 heteroatoms. The van der Waals surface area contributed by atoms with E-state index in [0.29, 0.717) is 23.9 Å². The third-order valence-electron chi connectivity index (χ3n) is 2.68. The quantitative estimate of drug-likeness (QED) is 0.541. The van der Waals surface area contributed by atoms with Gasteiger partial charge in [0.25, 0.3) is 0 Å². The number of aromatic nitrogens is 2. The average Bonchev–Trinajstić information content (AvgIpc) is 2.78. The largest absolute Gasteiger partial charge is 0.387 e. The lowest BCUT2D eigenvalue weighted by Crippen LogP contribution is -2.33. The van der Waals surface area contributed by atoms with E-state index in [9.17, 15) is 0 Å². The molecule has 1 heterocycles. The lowest BCUT2D eigenvalue weighted by molar-refractivity contribution is 0.457. The Balaban J connectivity index is 2.68. The number of nitrogens with two attached hydrogens (primary N) is 1. The van der Waals surface area contributed by atoms with E-state index in [2.05, 4.69) is 15.2 Å². The highest BCUT2D eigenvalue weighted by Gasteiger charge is 2.07. The van der Waals surface area contributed by atoms with E-state index < -0.39 is 0 Å². The van der Waals surface area contributed by atoms with Gasteiger partial charge in [0, 0.05) is 19.2 Å². The van der Waals surface area contributed by atoms with E-state index in [1.165, 1.54) is 0 Å². The van der Waals surface area contributed by atoms with Gasteiger partial charge in [-0.3, -0.25) is 10.5 Å². The molecule has 0 saturated heterocycles. The van der Waals surface area contributed by atoms with Crippen LogP contribution in [-0.4, -0.2) is 39.9 Å². The first-order valence-electron chi connectivity index (χ1n) is 6.44. The predicted octanol–water partition coefficient (Wildman–Crippen LogP) is 2.14. The zero-order valence-electron chi connectivity index (χ0n) is 11.8. The van der Waals surface area contributed by atoms with Gasteiger partial charge in [-0.2, -0.15) is 5.10 Å². The van der Waals surface area contributed by atoms with Gasteiger partial charge in [0.1, 0.15) is 11.7 Å². The maximum Gasteiger partial charge on any atom is 0.175 e. The van der Waals surface area contributed by atoms with Gasteiger partial charge in [0.05, 0.1) is 12.1 Å². The first-order valence-corrected chi connectivity index (χ1v) is 6.44. The molecule has 0 aliphatic heterocycles. The van der Waals surface area contributed by atoms with Crippen molar-refractivity contribution < 1.29 is 0 Å². The number of allylic oxidation sites excluding steroid dienone is 1. The van der Waals surface area contributed by atoms with Crippen molar-refractivity contribution in [3.8, 4) is 0 Å². The minimum Gasteiger partial charge on any atom is -0.387 e. The summed E-state index contributed by atoms with van der Waals surface area (Å²) in [5, 5.41) is 14.8. The topological polar surface area (TPSA) is 94.2 Å². The minimum atomic E-state index is 0.341.